The third-order valence-electron chi connectivity index (χ3n) is 5.62. The molecule has 1 aromatic rings. The fourth-order valence-electron chi connectivity index (χ4n) is 4.48. The van der Waals surface area contributed by atoms with Crippen molar-refractivity contribution in [3.05, 3.63) is 28.8 Å². The number of carboxylic acid groups (broad SMARTS) is 1. The Labute approximate surface area is 136 Å². The van der Waals surface area contributed by atoms with Crippen molar-refractivity contribution in [2.24, 2.45) is 5.92 Å². The van der Waals surface area contributed by atoms with Crippen LogP contribution in [0, 0.1) is 5.92 Å². The van der Waals surface area contributed by atoms with Crippen molar-refractivity contribution in [1.29, 1.82) is 0 Å². The van der Waals surface area contributed by atoms with Crippen LogP contribution in [-0.4, -0.2) is 36.4 Å². The molecule has 1 saturated heterocycles. The van der Waals surface area contributed by atoms with Gasteiger partial charge in [-0.2, -0.15) is 4.31 Å². The summed E-state index contributed by atoms with van der Waals surface area (Å²) in [6, 6.07) is 3.15. The van der Waals surface area contributed by atoms with E-state index in [2.05, 4.69) is 0 Å². The van der Waals surface area contributed by atoms with Crippen molar-refractivity contribution in [3.8, 4) is 0 Å². The SMILES string of the molecule is O=C(O)c1cc2c(c(S(=O)(=O)N3CC4CCC3C4)c1)CCCC2. The Hall–Kier alpha value is -1.40. The van der Waals surface area contributed by atoms with E-state index in [1.165, 1.54) is 6.07 Å². The van der Waals surface area contributed by atoms with Crippen molar-refractivity contribution >= 4 is 16.0 Å². The van der Waals surface area contributed by atoms with Crippen LogP contribution in [0.25, 0.3) is 0 Å². The quantitative estimate of drug-likeness (QED) is 0.920. The number of fused-ring (bicyclic) bond motifs is 3. The molecule has 2 aliphatic carbocycles. The smallest absolute Gasteiger partial charge is 0.335 e. The number of benzene rings is 1. The molecule has 1 saturated carbocycles. The molecule has 5 nitrogen and oxygen atoms in total. The van der Waals surface area contributed by atoms with Crippen LogP contribution < -0.4 is 0 Å². The molecular weight excluding hydrogens is 314 g/mol. The summed E-state index contributed by atoms with van der Waals surface area (Å²) in [5.74, 6) is -0.578. The molecule has 0 spiro atoms. The molecule has 3 aliphatic rings. The van der Waals surface area contributed by atoms with Gasteiger partial charge in [0.15, 0.2) is 0 Å². The van der Waals surface area contributed by atoms with Gasteiger partial charge in [0.05, 0.1) is 10.5 Å². The highest BCUT2D eigenvalue weighted by atomic mass is 32.2. The number of aryl methyl sites for hydroxylation is 1. The summed E-state index contributed by atoms with van der Waals surface area (Å²) in [6.07, 6.45) is 6.46. The molecule has 124 valence electrons. The normalized spacial score (nSPS) is 27.1. The fourth-order valence-corrected chi connectivity index (χ4v) is 6.55. The minimum atomic E-state index is -3.60. The van der Waals surface area contributed by atoms with Crippen LogP contribution in [0.3, 0.4) is 0 Å². The van der Waals surface area contributed by atoms with Gasteiger partial charge in [0.1, 0.15) is 0 Å². The Morgan fingerprint density at radius 3 is 2.61 bits per heavy atom. The predicted octanol–water partition coefficient (Wildman–Crippen LogP) is 2.44. The van der Waals surface area contributed by atoms with Crippen LogP contribution in [0.4, 0.5) is 0 Å². The standard InChI is InChI=1S/C17H21NO4S/c19-17(20)13-8-12-3-1-2-4-15(12)16(9-13)23(21,22)18-10-11-5-6-14(18)7-11/h8-9,11,14H,1-7,10H2,(H,19,20). The van der Waals surface area contributed by atoms with Crippen molar-refractivity contribution in [1.82, 2.24) is 4.31 Å². The third kappa shape index (κ3) is 2.39. The largest absolute Gasteiger partial charge is 0.478 e. The van der Waals surface area contributed by atoms with E-state index in [-0.39, 0.29) is 16.5 Å². The van der Waals surface area contributed by atoms with Crippen LogP contribution in [0.1, 0.15) is 53.6 Å². The van der Waals surface area contributed by atoms with Crippen molar-refractivity contribution < 1.29 is 18.3 Å². The lowest BCUT2D eigenvalue weighted by Crippen LogP contribution is -2.38. The van der Waals surface area contributed by atoms with E-state index < -0.39 is 16.0 Å². The van der Waals surface area contributed by atoms with Gasteiger partial charge in [-0.3, -0.25) is 0 Å². The second kappa shape index (κ2) is 5.31. The minimum absolute atomic E-state index is 0.0913. The summed E-state index contributed by atoms with van der Waals surface area (Å²) in [7, 11) is -3.60. The van der Waals surface area contributed by atoms with Crippen molar-refractivity contribution in [2.45, 2.75) is 55.9 Å². The first-order valence-electron chi connectivity index (χ1n) is 8.38. The van der Waals surface area contributed by atoms with Crippen LogP contribution in [0.2, 0.25) is 0 Å². The summed E-state index contributed by atoms with van der Waals surface area (Å²) in [6.45, 7) is 0.596. The number of hydrogen-bond acceptors (Lipinski definition) is 3. The Balaban J connectivity index is 1.83. The average Bonchev–Trinajstić information content (AvgIpc) is 3.17. The van der Waals surface area contributed by atoms with E-state index in [0.29, 0.717) is 12.5 Å². The van der Waals surface area contributed by atoms with Gasteiger partial charge in [-0.1, -0.05) is 0 Å². The maximum absolute atomic E-state index is 13.2. The molecule has 1 aliphatic heterocycles. The van der Waals surface area contributed by atoms with E-state index in [0.717, 1.165) is 56.1 Å². The number of aromatic carboxylic acids is 1. The van der Waals surface area contributed by atoms with Crippen molar-refractivity contribution in [3.63, 3.8) is 0 Å². The molecule has 4 rings (SSSR count). The van der Waals surface area contributed by atoms with E-state index in [1.807, 2.05) is 0 Å². The van der Waals surface area contributed by atoms with Gasteiger partial charge < -0.3 is 5.11 Å². The number of hydrogen-bond donors (Lipinski definition) is 1. The third-order valence-corrected chi connectivity index (χ3v) is 7.60. The molecule has 0 aromatic heterocycles. The lowest BCUT2D eigenvalue weighted by atomic mass is 9.90. The molecule has 2 bridgehead atoms. The maximum Gasteiger partial charge on any atom is 0.335 e. The minimum Gasteiger partial charge on any atom is -0.478 e. The van der Waals surface area contributed by atoms with Gasteiger partial charge in [-0.25, -0.2) is 13.2 Å². The van der Waals surface area contributed by atoms with Crippen molar-refractivity contribution in [2.75, 3.05) is 6.54 Å². The van der Waals surface area contributed by atoms with Crippen LogP contribution >= 0.6 is 0 Å². The van der Waals surface area contributed by atoms with Crippen LogP contribution in [0.5, 0.6) is 0 Å². The number of sulfonamides is 1. The lowest BCUT2D eigenvalue weighted by molar-refractivity contribution is 0.0696. The Kier molecular flexibility index (Phi) is 3.50. The second-order valence-corrected chi connectivity index (χ2v) is 8.89. The molecule has 0 amide bonds. The van der Waals surface area contributed by atoms with E-state index in [9.17, 15) is 18.3 Å². The Morgan fingerprint density at radius 2 is 1.96 bits per heavy atom. The topological polar surface area (TPSA) is 74.7 Å². The molecule has 0 radical (unpaired) electrons. The fraction of sp³-hybridized carbons (Fsp3) is 0.588. The maximum atomic E-state index is 13.2. The number of piperidine rings is 1. The molecule has 1 aromatic carbocycles. The van der Waals surface area contributed by atoms with Gasteiger partial charge >= 0.3 is 5.97 Å². The molecule has 2 unspecified atom stereocenters. The first-order valence-corrected chi connectivity index (χ1v) is 9.82. The summed E-state index contributed by atoms with van der Waals surface area (Å²) >= 11 is 0. The zero-order valence-electron chi connectivity index (χ0n) is 13.0. The highest BCUT2D eigenvalue weighted by molar-refractivity contribution is 7.89. The molecule has 1 heterocycles. The van der Waals surface area contributed by atoms with Crippen LogP contribution in [0.15, 0.2) is 17.0 Å². The highest BCUT2D eigenvalue weighted by Crippen LogP contribution is 2.42. The van der Waals surface area contributed by atoms with Gasteiger partial charge in [0.25, 0.3) is 0 Å². The highest BCUT2D eigenvalue weighted by Gasteiger charge is 2.45. The zero-order chi connectivity index (χ0) is 16.2. The summed E-state index contributed by atoms with van der Waals surface area (Å²) in [5.41, 5.74) is 1.84. The second-order valence-electron chi connectivity index (χ2n) is 7.03. The Morgan fingerprint density at radius 1 is 1.17 bits per heavy atom. The molecule has 23 heavy (non-hydrogen) atoms. The summed E-state index contributed by atoms with van der Waals surface area (Å²) in [5, 5.41) is 9.34. The molecule has 1 N–H and O–H groups in total. The number of carbonyl (C=O) groups is 1. The van der Waals surface area contributed by atoms with E-state index >= 15 is 0 Å². The lowest BCUT2D eigenvalue weighted by Gasteiger charge is -2.29. The van der Waals surface area contributed by atoms with Gasteiger partial charge in [0, 0.05) is 12.6 Å². The van der Waals surface area contributed by atoms with E-state index in [1.54, 1.807) is 10.4 Å². The first-order chi connectivity index (χ1) is 11.0. The summed E-state index contributed by atoms with van der Waals surface area (Å²) in [4.78, 5) is 11.7. The monoisotopic (exact) mass is 335 g/mol. The molecule has 2 fully saturated rings. The number of carboxylic acids is 1. The number of nitrogens with zero attached hydrogens (tertiary/aromatic N) is 1. The predicted molar refractivity (Wildman–Crippen MR) is 85.1 cm³/mol. The summed E-state index contributed by atoms with van der Waals surface area (Å²) < 4.78 is 28.0. The van der Waals surface area contributed by atoms with Gasteiger partial charge in [0.2, 0.25) is 10.0 Å². The molecule has 6 heteroatoms. The molecular formula is C17H21NO4S. The number of rotatable bonds is 3. The molecule has 2 atom stereocenters. The van der Waals surface area contributed by atoms with Gasteiger partial charge in [-0.15, -0.1) is 0 Å². The van der Waals surface area contributed by atoms with Gasteiger partial charge in [-0.05, 0) is 74.1 Å². The van der Waals surface area contributed by atoms with Crippen LogP contribution in [-0.2, 0) is 22.9 Å². The average molecular weight is 335 g/mol. The first kappa shape index (κ1) is 15.1. The zero-order valence-corrected chi connectivity index (χ0v) is 13.8. The van der Waals surface area contributed by atoms with E-state index in [4.69, 9.17) is 0 Å². The Bertz CT molecular complexity index is 771.